The van der Waals surface area contributed by atoms with Crippen LogP contribution in [0, 0.1) is 18.6 Å². The van der Waals surface area contributed by atoms with E-state index in [0.29, 0.717) is 34.6 Å². The normalized spacial score (nSPS) is 14.7. The molecule has 0 amide bonds. The lowest BCUT2D eigenvalue weighted by molar-refractivity contribution is 0.508. The van der Waals surface area contributed by atoms with Crippen LogP contribution in [0.25, 0.3) is 33.0 Å². The summed E-state index contributed by atoms with van der Waals surface area (Å²) in [7, 11) is 0. The van der Waals surface area contributed by atoms with E-state index >= 15 is 0 Å². The van der Waals surface area contributed by atoms with E-state index in [1.807, 2.05) is 37.3 Å². The summed E-state index contributed by atoms with van der Waals surface area (Å²) in [4.78, 5) is 19.9. The minimum Gasteiger partial charge on any atom is -0.292 e. The second-order valence-corrected chi connectivity index (χ2v) is 8.27. The Morgan fingerprint density at radius 2 is 1.90 bits per heavy atom. The fourth-order valence-corrected chi connectivity index (χ4v) is 4.92. The van der Waals surface area contributed by atoms with Crippen molar-refractivity contribution in [3.8, 4) is 11.1 Å². The van der Waals surface area contributed by atoms with Gasteiger partial charge in [0.15, 0.2) is 11.6 Å². The van der Waals surface area contributed by atoms with Crippen molar-refractivity contribution >= 4 is 33.2 Å². The zero-order chi connectivity index (χ0) is 20.1. The number of fused-ring (bicyclic) bond motifs is 2. The lowest BCUT2D eigenvalue weighted by Crippen LogP contribution is -2.20. The first-order valence-electron chi connectivity index (χ1n) is 9.28. The van der Waals surface area contributed by atoms with E-state index in [-0.39, 0.29) is 5.56 Å². The fourth-order valence-electron chi connectivity index (χ4n) is 3.88. The Kier molecular flexibility index (Phi) is 4.17. The molecule has 1 aliphatic heterocycles. The molecule has 4 aromatic rings. The summed E-state index contributed by atoms with van der Waals surface area (Å²) < 4.78 is 28.5. The number of halogens is 2. The van der Waals surface area contributed by atoms with Crippen molar-refractivity contribution in [1.29, 1.82) is 0 Å². The van der Waals surface area contributed by atoms with Gasteiger partial charge in [-0.2, -0.15) is 0 Å². The highest BCUT2D eigenvalue weighted by Crippen LogP contribution is 2.37. The third-order valence-corrected chi connectivity index (χ3v) is 6.23. The van der Waals surface area contributed by atoms with E-state index < -0.39 is 11.6 Å². The van der Waals surface area contributed by atoms with Crippen LogP contribution < -0.4 is 5.56 Å². The number of nitrogens with zero attached hydrogens (tertiary/aromatic N) is 2. The maximum Gasteiger partial charge on any atom is 0.263 e. The van der Waals surface area contributed by atoms with Crippen LogP contribution in [0.1, 0.15) is 22.7 Å². The maximum atomic E-state index is 13.6. The number of rotatable bonds is 2. The number of aryl methyl sites for hydroxylation is 1. The van der Waals surface area contributed by atoms with E-state index in [0.717, 1.165) is 33.7 Å². The molecule has 0 aliphatic carbocycles. The highest BCUT2D eigenvalue weighted by Gasteiger charge is 2.24. The largest absolute Gasteiger partial charge is 0.292 e. The van der Waals surface area contributed by atoms with E-state index in [9.17, 15) is 13.6 Å². The molecule has 3 heterocycles. The molecule has 0 radical (unpaired) electrons. The van der Waals surface area contributed by atoms with Gasteiger partial charge in [-0.3, -0.25) is 9.36 Å². The van der Waals surface area contributed by atoms with Gasteiger partial charge in [0.05, 0.1) is 5.39 Å². The first-order valence-corrected chi connectivity index (χ1v) is 10.1. The van der Waals surface area contributed by atoms with Crippen molar-refractivity contribution < 1.29 is 8.78 Å². The molecule has 2 aromatic carbocycles. The van der Waals surface area contributed by atoms with Gasteiger partial charge in [0.25, 0.3) is 5.56 Å². The van der Waals surface area contributed by atoms with Gasteiger partial charge in [-0.1, -0.05) is 36.4 Å². The van der Waals surface area contributed by atoms with Crippen molar-refractivity contribution in [3.63, 3.8) is 0 Å². The van der Waals surface area contributed by atoms with Crippen LogP contribution in [0.5, 0.6) is 0 Å². The summed E-state index contributed by atoms with van der Waals surface area (Å²) in [5.41, 5.74) is 3.29. The lowest BCUT2D eigenvalue weighted by Gasteiger charge is -2.05. The third kappa shape index (κ3) is 2.91. The molecule has 0 saturated heterocycles. The number of hydrogen-bond donors (Lipinski definition) is 0. The predicted molar refractivity (Wildman–Crippen MR) is 113 cm³/mol. The number of thiophene rings is 1. The third-order valence-electron chi connectivity index (χ3n) is 5.23. The van der Waals surface area contributed by atoms with Gasteiger partial charge in [-0.15, -0.1) is 11.3 Å². The summed E-state index contributed by atoms with van der Waals surface area (Å²) in [5.74, 6) is -1.16. The number of hydrogen-bond acceptors (Lipinski definition) is 3. The molecular weight excluding hydrogens is 390 g/mol. The van der Waals surface area contributed by atoms with Crippen LogP contribution in [0.2, 0.25) is 0 Å². The SMILES string of the molecule is Cc1sc2nc3n(c(=O)c2c1-c1ccccc1)CC/C3=C/c1ccc(F)c(F)c1. The average molecular weight is 406 g/mol. The van der Waals surface area contributed by atoms with E-state index in [1.54, 1.807) is 10.6 Å². The molecule has 0 N–H and O–H groups in total. The second kappa shape index (κ2) is 6.74. The van der Waals surface area contributed by atoms with Crippen molar-refractivity contribution in [3.05, 3.63) is 86.8 Å². The summed E-state index contributed by atoms with van der Waals surface area (Å²) in [5, 5.41) is 0.650. The van der Waals surface area contributed by atoms with Gasteiger partial charge >= 0.3 is 0 Å². The minimum absolute atomic E-state index is 0.0538. The quantitative estimate of drug-likeness (QED) is 0.431. The number of allylic oxidation sites excluding steroid dienone is 1. The van der Waals surface area contributed by atoms with E-state index in [2.05, 4.69) is 0 Å². The first kappa shape index (κ1) is 17.9. The van der Waals surface area contributed by atoms with Crippen molar-refractivity contribution in [1.82, 2.24) is 9.55 Å². The van der Waals surface area contributed by atoms with Gasteiger partial charge in [0.2, 0.25) is 0 Å². The minimum atomic E-state index is -0.889. The lowest BCUT2D eigenvalue weighted by atomic mass is 10.0. The molecule has 1 aliphatic rings. The van der Waals surface area contributed by atoms with Crippen LogP contribution in [0.4, 0.5) is 8.78 Å². The molecule has 0 atom stereocenters. The summed E-state index contributed by atoms with van der Waals surface area (Å²) in [6.07, 6.45) is 2.40. The summed E-state index contributed by atoms with van der Waals surface area (Å²) in [6, 6.07) is 13.7. The van der Waals surface area contributed by atoms with Crippen LogP contribution >= 0.6 is 11.3 Å². The highest BCUT2D eigenvalue weighted by molar-refractivity contribution is 7.19. The molecule has 0 saturated carbocycles. The number of aromatic nitrogens is 2. The maximum absolute atomic E-state index is 13.6. The van der Waals surface area contributed by atoms with Crippen molar-refractivity contribution in [2.24, 2.45) is 0 Å². The molecule has 5 rings (SSSR count). The molecule has 144 valence electrons. The van der Waals surface area contributed by atoms with Crippen molar-refractivity contribution in [2.45, 2.75) is 19.9 Å². The van der Waals surface area contributed by atoms with Crippen LogP contribution in [-0.4, -0.2) is 9.55 Å². The Morgan fingerprint density at radius 3 is 2.66 bits per heavy atom. The van der Waals surface area contributed by atoms with Gasteiger partial charge in [0, 0.05) is 17.0 Å². The van der Waals surface area contributed by atoms with E-state index in [4.69, 9.17) is 4.98 Å². The average Bonchev–Trinajstić information content (AvgIpc) is 3.26. The van der Waals surface area contributed by atoms with E-state index in [1.165, 1.54) is 17.4 Å². The Bertz CT molecular complexity index is 1350. The summed E-state index contributed by atoms with van der Waals surface area (Å²) in [6.45, 7) is 2.53. The molecule has 29 heavy (non-hydrogen) atoms. The standard InChI is InChI=1S/C23H16F2N2OS/c1-13-19(15-5-3-2-4-6-15)20-22(29-13)26-21-16(9-10-27(21)23(20)28)11-14-7-8-17(24)18(25)12-14/h2-8,11-12H,9-10H2,1H3/b16-11-. The van der Waals surface area contributed by atoms with Crippen LogP contribution in [0.3, 0.4) is 0 Å². The molecule has 3 nitrogen and oxygen atoms in total. The molecule has 6 heteroatoms. The summed E-state index contributed by atoms with van der Waals surface area (Å²) >= 11 is 1.51. The predicted octanol–water partition coefficient (Wildman–Crippen LogP) is 5.66. The van der Waals surface area contributed by atoms with Gasteiger partial charge in [-0.25, -0.2) is 13.8 Å². The Morgan fingerprint density at radius 1 is 1.10 bits per heavy atom. The van der Waals surface area contributed by atoms with Crippen LogP contribution in [0.15, 0.2) is 53.3 Å². The highest BCUT2D eigenvalue weighted by atomic mass is 32.1. The molecular formula is C23H16F2N2OS. The molecule has 0 spiro atoms. The Labute approximate surface area is 169 Å². The smallest absolute Gasteiger partial charge is 0.263 e. The van der Waals surface area contributed by atoms with Gasteiger partial charge < -0.3 is 0 Å². The zero-order valence-corrected chi connectivity index (χ0v) is 16.4. The topological polar surface area (TPSA) is 34.9 Å². The Hall–Kier alpha value is -3.12. The second-order valence-electron chi connectivity index (χ2n) is 7.06. The fraction of sp³-hybridized carbons (Fsp3) is 0.130. The molecule has 0 unspecified atom stereocenters. The molecule has 0 fully saturated rings. The first-order chi connectivity index (χ1) is 14.0. The molecule has 0 bridgehead atoms. The molecule has 2 aromatic heterocycles. The van der Waals surface area contributed by atoms with Gasteiger partial charge in [0.1, 0.15) is 10.7 Å². The zero-order valence-electron chi connectivity index (χ0n) is 15.6. The Balaban J connectivity index is 1.69. The van der Waals surface area contributed by atoms with Gasteiger partial charge in [-0.05, 0) is 48.3 Å². The number of benzene rings is 2. The van der Waals surface area contributed by atoms with Crippen LogP contribution in [-0.2, 0) is 6.54 Å². The monoisotopic (exact) mass is 406 g/mol. The van der Waals surface area contributed by atoms with Crippen molar-refractivity contribution in [2.75, 3.05) is 0 Å².